The highest BCUT2D eigenvalue weighted by Crippen LogP contribution is 2.40. The maximum absolute atomic E-state index is 12.5. The standard InChI is InChI=1S/C18H19N3O5S/c1-2-3-10-8-27-17-13(16(24)21(17)14(10)18(25)26)20-15(23)12(19)9-4-6-11(22)7-5-9/h2-7,12-13,17,22H,8,19H2,1H3,(H,20,23)(H,25,26)/b3-2+/t12-,13-,17+/m0/s1. The molecule has 2 aliphatic heterocycles. The summed E-state index contributed by atoms with van der Waals surface area (Å²) in [5.74, 6) is -1.71. The Balaban J connectivity index is 1.74. The topological polar surface area (TPSA) is 133 Å². The number of β-lactam (4-membered cyclic amide) rings is 1. The van der Waals surface area contributed by atoms with E-state index in [2.05, 4.69) is 5.32 Å². The van der Waals surface area contributed by atoms with Crippen molar-refractivity contribution in [3.63, 3.8) is 0 Å². The Morgan fingerprint density at radius 3 is 2.63 bits per heavy atom. The lowest BCUT2D eigenvalue weighted by Gasteiger charge is -2.49. The molecule has 1 saturated heterocycles. The number of carboxylic acid groups (broad SMARTS) is 1. The number of nitrogens with zero attached hydrogens (tertiary/aromatic N) is 1. The summed E-state index contributed by atoms with van der Waals surface area (Å²) >= 11 is 1.39. The number of carbonyl (C=O) groups is 3. The Bertz CT molecular complexity index is 849. The van der Waals surface area contributed by atoms with Gasteiger partial charge in [-0.15, -0.1) is 11.8 Å². The number of allylic oxidation sites excluding steroid dienone is 2. The van der Waals surface area contributed by atoms with Crippen LogP contribution in [0.3, 0.4) is 0 Å². The van der Waals surface area contributed by atoms with Crippen LogP contribution in [0.25, 0.3) is 0 Å². The number of fused-ring (bicyclic) bond motifs is 1. The summed E-state index contributed by atoms with van der Waals surface area (Å²) in [6.45, 7) is 1.77. The SMILES string of the molecule is C/C=C/C1=C(C(=O)O)N2C(=O)[C@H](NC(=O)[C@@H](N)c3ccc(O)cc3)[C@H]2SC1. The zero-order valence-corrected chi connectivity index (χ0v) is 15.3. The van der Waals surface area contributed by atoms with E-state index < -0.39 is 35.2 Å². The van der Waals surface area contributed by atoms with E-state index >= 15 is 0 Å². The number of aliphatic carboxylic acids is 1. The lowest BCUT2D eigenvalue weighted by molar-refractivity contribution is -0.150. The molecule has 27 heavy (non-hydrogen) atoms. The van der Waals surface area contributed by atoms with Crippen LogP contribution in [0, 0.1) is 0 Å². The van der Waals surface area contributed by atoms with Crippen LogP contribution in [0.15, 0.2) is 47.7 Å². The monoisotopic (exact) mass is 389 g/mol. The van der Waals surface area contributed by atoms with Crippen LogP contribution in [0.2, 0.25) is 0 Å². The van der Waals surface area contributed by atoms with Crippen LogP contribution >= 0.6 is 11.8 Å². The second kappa shape index (κ2) is 7.45. The van der Waals surface area contributed by atoms with E-state index in [0.717, 1.165) is 0 Å². The third kappa shape index (κ3) is 3.43. The number of phenols is 1. The first-order valence-electron chi connectivity index (χ1n) is 8.24. The Morgan fingerprint density at radius 2 is 2.04 bits per heavy atom. The van der Waals surface area contributed by atoms with Crippen molar-refractivity contribution in [3.05, 3.63) is 53.3 Å². The minimum Gasteiger partial charge on any atom is -0.508 e. The van der Waals surface area contributed by atoms with Crippen LogP contribution in [0.4, 0.5) is 0 Å². The number of aromatic hydroxyl groups is 1. The third-order valence-corrected chi connectivity index (χ3v) is 5.70. The number of nitrogens with one attached hydrogen (secondary N) is 1. The average molecular weight is 389 g/mol. The number of thioether (sulfide) groups is 1. The predicted molar refractivity (Wildman–Crippen MR) is 99.5 cm³/mol. The highest BCUT2D eigenvalue weighted by atomic mass is 32.2. The quantitative estimate of drug-likeness (QED) is 0.545. The molecule has 5 N–H and O–H groups in total. The summed E-state index contributed by atoms with van der Waals surface area (Å²) in [5, 5.41) is 20.9. The molecule has 8 nitrogen and oxygen atoms in total. The molecule has 2 aliphatic rings. The van der Waals surface area contributed by atoms with Crippen LogP contribution in [0.5, 0.6) is 5.75 Å². The molecule has 0 saturated carbocycles. The van der Waals surface area contributed by atoms with Crippen molar-refractivity contribution >= 4 is 29.5 Å². The number of carbonyl (C=O) groups excluding carboxylic acids is 2. The molecule has 142 valence electrons. The number of hydrogen-bond acceptors (Lipinski definition) is 6. The van der Waals surface area contributed by atoms with E-state index in [1.807, 2.05) is 0 Å². The lowest BCUT2D eigenvalue weighted by Crippen LogP contribution is -2.71. The number of rotatable bonds is 5. The highest BCUT2D eigenvalue weighted by molar-refractivity contribution is 8.00. The molecule has 1 fully saturated rings. The fourth-order valence-corrected chi connectivity index (χ4v) is 4.37. The van der Waals surface area contributed by atoms with E-state index in [1.54, 1.807) is 19.1 Å². The Kier molecular flexibility index (Phi) is 5.24. The second-order valence-electron chi connectivity index (χ2n) is 6.14. The molecule has 2 heterocycles. The van der Waals surface area contributed by atoms with Crippen molar-refractivity contribution in [2.75, 3.05) is 5.75 Å². The van der Waals surface area contributed by atoms with E-state index in [4.69, 9.17) is 5.73 Å². The molecule has 3 rings (SSSR count). The predicted octanol–water partition coefficient (Wildman–Crippen LogP) is 0.707. The van der Waals surface area contributed by atoms with Gasteiger partial charge in [-0.05, 0) is 30.2 Å². The molecule has 0 bridgehead atoms. The molecule has 9 heteroatoms. The molecular weight excluding hydrogens is 370 g/mol. The van der Waals surface area contributed by atoms with Gasteiger partial charge in [0.1, 0.15) is 28.9 Å². The maximum atomic E-state index is 12.5. The molecule has 0 unspecified atom stereocenters. The van der Waals surface area contributed by atoms with Gasteiger partial charge >= 0.3 is 5.97 Å². The van der Waals surface area contributed by atoms with Gasteiger partial charge < -0.3 is 21.3 Å². The molecule has 0 radical (unpaired) electrons. The van der Waals surface area contributed by atoms with Gasteiger partial charge in [-0.3, -0.25) is 14.5 Å². The van der Waals surface area contributed by atoms with Crippen molar-refractivity contribution in [1.29, 1.82) is 0 Å². The lowest BCUT2D eigenvalue weighted by atomic mass is 10.0. The molecule has 0 aliphatic carbocycles. The van der Waals surface area contributed by atoms with Gasteiger partial charge in [0.05, 0.1) is 0 Å². The normalized spacial score (nSPS) is 23.0. The highest BCUT2D eigenvalue weighted by Gasteiger charge is 2.54. The van der Waals surface area contributed by atoms with Gasteiger partial charge in [-0.2, -0.15) is 0 Å². The van der Waals surface area contributed by atoms with E-state index in [1.165, 1.54) is 40.9 Å². The van der Waals surface area contributed by atoms with Crippen molar-refractivity contribution < 1.29 is 24.6 Å². The fourth-order valence-electron chi connectivity index (χ4n) is 3.05. The van der Waals surface area contributed by atoms with Gasteiger partial charge in [0, 0.05) is 5.75 Å². The molecule has 1 aromatic carbocycles. The Hall–Kier alpha value is -2.78. The van der Waals surface area contributed by atoms with Crippen LogP contribution < -0.4 is 11.1 Å². The minimum atomic E-state index is -1.17. The van der Waals surface area contributed by atoms with Crippen molar-refractivity contribution in [2.24, 2.45) is 5.73 Å². The van der Waals surface area contributed by atoms with Crippen molar-refractivity contribution in [1.82, 2.24) is 10.2 Å². The summed E-state index contributed by atoms with van der Waals surface area (Å²) in [6.07, 6.45) is 3.39. The van der Waals surface area contributed by atoms with Crippen LogP contribution in [-0.4, -0.2) is 50.1 Å². The van der Waals surface area contributed by atoms with Gasteiger partial charge in [0.2, 0.25) is 5.91 Å². The minimum absolute atomic E-state index is 0.0461. The van der Waals surface area contributed by atoms with Crippen LogP contribution in [-0.2, 0) is 14.4 Å². The number of amides is 2. The van der Waals surface area contributed by atoms with Gasteiger partial charge in [-0.1, -0.05) is 24.3 Å². The summed E-state index contributed by atoms with van der Waals surface area (Å²) < 4.78 is 0. The average Bonchev–Trinajstić information content (AvgIpc) is 2.65. The number of phenolic OH excluding ortho intramolecular Hbond substituents is 1. The summed E-state index contributed by atoms with van der Waals surface area (Å²) in [5.41, 5.74) is 6.93. The fraction of sp³-hybridized carbons (Fsp3) is 0.278. The van der Waals surface area contributed by atoms with Gasteiger partial charge in [0.15, 0.2) is 0 Å². The van der Waals surface area contributed by atoms with E-state index in [-0.39, 0.29) is 11.4 Å². The molecular formula is C18H19N3O5S. The van der Waals surface area contributed by atoms with Crippen molar-refractivity contribution in [2.45, 2.75) is 24.4 Å². The number of nitrogens with two attached hydrogens (primary N) is 1. The molecule has 2 amide bonds. The van der Waals surface area contributed by atoms with Crippen molar-refractivity contribution in [3.8, 4) is 5.75 Å². The zero-order valence-electron chi connectivity index (χ0n) is 14.5. The first-order valence-corrected chi connectivity index (χ1v) is 9.28. The summed E-state index contributed by atoms with van der Waals surface area (Å²) in [7, 11) is 0. The Morgan fingerprint density at radius 1 is 1.37 bits per heavy atom. The zero-order chi connectivity index (χ0) is 19.7. The van der Waals surface area contributed by atoms with E-state index in [0.29, 0.717) is 16.9 Å². The first-order chi connectivity index (χ1) is 12.8. The van der Waals surface area contributed by atoms with Gasteiger partial charge in [0.25, 0.3) is 5.91 Å². The molecule has 3 atom stereocenters. The summed E-state index contributed by atoms with van der Waals surface area (Å²) in [4.78, 5) is 37.7. The maximum Gasteiger partial charge on any atom is 0.352 e. The smallest absolute Gasteiger partial charge is 0.352 e. The number of benzene rings is 1. The summed E-state index contributed by atoms with van der Waals surface area (Å²) in [6, 6.07) is 4.06. The largest absolute Gasteiger partial charge is 0.508 e. The third-order valence-electron chi connectivity index (χ3n) is 4.40. The van der Waals surface area contributed by atoms with E-state index in [9.17, 15) is 24.6 Å². The molecule has 1 aromatic rings. The number of carboxylic acids is 1. The van der Waals surface area contributed by atoms with Gasteiger partial charge in [-0.25, -0.2) is 4.79 Å². The molecule has 0 aromatic heterocycles. The number of hydrogen-bond donors (Lipinski definition) is 4. The Labute approximate surface area is 159 Å². The van der Waals surface area contributed by atoms with Crippen LogP contribution in [0.1, 0.15) is 18.5 Å². The second-order valence-corrected chi connectivity index (χ2v) is 7.25. The molecule has 0 spiro atoms. The first kappa shape index (κ1) is 19.0.